The molecular formula is C11H21BNO2. The second-order valence-electron chi connectivity index (χ2n) is 4.24. The number of rotatable bonds is 7. The van der Waals surface area contributed by atoms with Crippen molar-refractivity contribution in [1.82, 2.24) is 5.23 Å². The minimum absolute atomic E-state index is 0.0190. The summed E-state index contributed by atoms with van der Waals surface area (Å²) in [5.74, 6) is 0.0729. The standard InChI is InChI=1S/C11H21BNO2/c1-6-8(3)10(15)12-13-11(5,7-2)9(4)14/h8,13H,6-7H2,1-5H3. The highest BCUT2D eigenvalue weighted by Crippen LogP contribution is 2.10. The monoisotopic (exact) mass is 210 g/mol. The molecule has 15 heavy (non-hydrogen) atoms. The van der Waals surface area contributed by atoms with Crippen LogP contribution in [0.3, 0.4) is 0 Å². The molecule has 4 heteroatoms. The summed E-state index contributed by atoms with van der Waals surface area (Å²) in [6.45, 7) is 9.14. The molecule has 0 spiro atoms. The average molecular weight is 210 g/mol. The number of carbonyl (C=O) groups excluding carboxylic acids is 2. The van der Waals surface area contributed by atoms with Crippen LogP contribution in [0.2, 0.25) is 0 Å². The highest BCUT2D eigenvalue weighted by molar-refractivity contribution is 6.72. The van der Waals surface area contributed by atoms with Gasteiger partial charge in [-0.1, -0.05) is 20.8 Å². The third kappa shape index (κ3) is 4.16. The maximum Gasteiger partial charge on any atom is 0.296 e. The molecule has 85 valence electrons. The Morgan fingerprint density at radius 1 is 1.40 bits per heavy atom. The van der Waals surface area contributed by atoms with Gasteiger partial charge in [0.25, 0.3) is 7.41 Å². The van der Waals surface area contributed by atoms with Crippen LogP contribution >= 0.6 is 0 Å². The highest BCUT2D eigenvalue weighted by Gasteiger charge is 2.28. The lowest BCUT2D eigenvalue weighted by molar-refractivity contribution is -0.122. The molecule has 0 fully saturated rings. The van der Waals surface area contributed by atoms with Gasteiger partial charge in [-0.2, -0.15) is 0 Å². The molecular weight excluding hydrogens is 189 g/mol. The summed E-state index contributed by atoms with van der Waals surface area (Å²) in [7, 11) is 1.44. The summed E-state index contributed by atoms with van der Waals surface area (Å²) in [5, 5.41) is 2.94. The fourth-order valence-corrected chi connectivity index (χ4v) is 1.03. The van der Waals surface area contributed by atoms with E-state index in [4.69, 9.17) is 0 Å². The van der Waals surface area contributed by atoms with Crippen molar-refractivity contribution in [3.05, 3.63) is 0 Å². The first-order valence-electron chi connectivity index (χ1n) is 5.53. The van der Waals surface area contributed by atoms with E-state index in [2.05, 4.69) is 5.23 Å². The fraction of sp³-hybridized carbons (Fsp3) is 0.818. The van der Waals surface area contributed by atoms with Crippen molar-refractivity contribution in [2.75, 3.05) is 0 Å². The van der Waals surface area contributed by atoms with Crippen LogP contribution in [0.15, 0.2) is 0 Å². The van der Waals surface area contributed by atoms with E-state index in [-0.39, 0.29) is 17.4 Å². The SMILES string of the molecule is CCC(C)C(=O)[B]NC(C)(CC)C(C)=O. The number of hydrogen-bond donors (Lipinski definition) is 1. The molecule has 1 N–H and O–H groups in total. The molecule has 0 aliphatic carbocycles. The van der Waals surface area contributed by atoms with Crippen LogP contribution in [0.5, 0.6) is 0 Å². The van der Waals surface area contributed by atoms with Gasteiger partial charge in [-0.15, -0.1) is 0 Å². The summed E-state index contributed by atoms with van der Waals surface area (Å²) in [6, 6.07) is 0. The Hall–Kier alpha value is -0.635. The molecule has 0 aromatic carbocycles. The molecule has 0 rings (SSSR count). The van der Waals surface area contributed by atoms with Gasteiger partial charge in [0.1, 0.15) is 11.5 Å². The van der Waals surface area contributed by atoms with E-state index in [1.54, 1.807) is 0 Å². The lowest BCUT2D eigenvalue weighted by Gasteiger charge is -2.26. The van der Waals surface area contributed by atoms with Crippen LogP contribution in [0.4, 0.5) is 0 Å². The van der Waals surface area contributed by atoms with Gasteiger partial charge in [-0.25, -0.2) is 0 Å². The van der Waals surface area contributed by atoms with Crippen LogP contribution < -0.4 is 5.23 Å². The van der Waals surface area contributed by atoms with Gasteiger partial charge < -0.3 is 10.0 Å². The molecule has 0 saturated carbocycles. The lowest BCUT2D eigenvalue weighted by Crippen LogP contribution is -2.52. The summed E-state index contributed by atoms with van der Waals surface area (Å²) in [4.78, 5) is 22.9. The predicted molar refractivity (Wildman–Crippen MR) is 62.7 cm³/mol. The Balaban J connectivity index is 4.24. The van der Waals surface area contributed by atoms with E-state index in [0.29, 0.717) is 6.42 Å². The quantitative estimate of drug-likeness (QED) is 0.648. The first kappa shape index (κ1) is 14.4. The Morgan fingerprint density at radius 2 is 1.93 bits per heavy atom. The van der Waals surface area contributed by atoms with E-state index in [1.807, 2.05) is 27.7 Å². The molecule has 0 bridgehead atoms. The molecule has 0 aliphatic rings. The molecule has 2 atom stereocenters. The Kier molecular flexibility index (Phi) is 5.80. The summed E-state index contributed by atoms with van der Waals surface area (Å²) < 4.78 is 0. The number of ketones is 1. The third-order valence-electron chi connectivity index (χ3n) is 3.12. The molecule has 0 aromatic heterocycles. The Morgan fingerprint density at radius 3 is 2.27 bits per heavy atom. The Bertz CT molecular complexity index is 243. The largest absolute Gasteiger partial charge is 0.342 e. The van der Waals surface area contributed by atoms with E-state index in [9.17, 15) is 9.59 Å². The molecule has 0 aliphatic heterocycles. The topological polar surface area (TPSA) is 46.2 Å². The second-order valence-corrected chi connectivity index (χ2v) is 4.24. The van der Waals surface area contributed by atoms with Crippen molar-refractivity contribution in [2.24, 2.45) is 5.92 Å². The van der Waals surface area contributed by atoms with Crippen molar-refractivity contribution >= 4 is 18.9 Å². The van der Waals surface area contributed by atoms with Crippen LogP contribution in [-0.2, 0) is 9.59 Å². The van der Waals surface area contributed by atoms with Crippen molar-refractivity contribution in [3.63, 3.8) is 0 Å². The minimum atomic E-state index is -0.608. The van der Waals surface area contributed by atoms with Crippen molar-refractivity contribution < 1.29 is 9.59 Å². The first-order valence-corrected chi connectivity index (χ1v) is 5.53. The normalized spacial score (nSPS) is 16.6. The zero-order valence-electron chi connectivity index (χ0n) is 10.4. The average Bonchev–Trinajstić information content (AvgIpc) is 2.23. The molecule has 3 nitrogen and oxygen atoms in total. The van der Waals surface area contributed by atoms with E-state index in [1.165, 1.54) is 14.3 Å². The number of nitrogens with one attached hydrogen (secondary N) is 1. The smallest absolute Gasteiger partial charge is 0.296 e. The first-order chi connectivity index (χ1) is 6.87. The summed E-state index contributed by atoms with van der Waals surface area (Å²) in [6.07, 6.45) is 1.49. The van der Waals surface area contributed by atoms with Crippen LogP contribution in [-0.4, -0.2) is 24.4 Å². The van der Waals surface area contributed by atoms with Gasteiger partial charge >= 0.3 is 0 Å². The van der Waals surface area contributed by atoms with Gasteiger partial charge in [0, 0.05) is 5.92 Å². The van der Waals surface area contributed by atoms with Crippen LogP contribution in [0.25, 0.3) is 0 Å². The third-order valence-corrected chi connectivity index (χ3v) is 3.12. The van der Waals surface area contributed by atoms with E-state index in [0.717, 1.165) is 6.42 Å². The van der Waals surface area contributed by atoms with E-state index >= 15 is 0 Å². The number of carbonyl (C=O) groups is 2. The minimum Gasteiger partial charge on any atom is -0.342 e. The van der Waals surface area contributed by atoms with Gasteiger partial charge in [0.15, 0.2) is 0 Å². The van der Waals surface area contributed by atoms with E-state index < -0.39 is 5.54 Å². The highest BCUT2D eigenvalue weighted by atomic mass is 16.1. The number of hydrogen-bond acceptors (Lipinski definition) is 3. The molecule has 1 radical (unpaired) electrons. The maximum absolute atomic E-state index is 11.5. The molecule has 0 amide bonds. The molecule has 0 heterocycles. The molecule has 0 saturated heterocycles. The molecule has 0 aromatic rings. The fourth-order valence-electron chi connectivity index (χ4n) is 1.03. The Labute approximate surface area is 93.3 Å². The van der Waals surface area contributed by atoms with Gasteiger partial charge in [-0.05, 0) is 26.7 Å². The zero-order chi connectivity index (χ0) is 12.1. The predicted octanol–water partition coefficient (Wildman–Crippen LogP) is 1.53. The van der Waals surface area contributed by atoms with Gasteiger partial charge in [0.2, 0.25) is 0 Å². The number of Topliss-reactive ketones (excluding diaryl/α,β-unsaturated/α-hetero) is 1. The molecule has 2 unspecified atom stereocenters. The zero-order valence-corrected chi connectivity index (χ0v) is 10.4. The van der Waals surface area contributed by atoms with Crippen molar-refractivity contribution in [3.8, 4) is 0 Å². The van der Waals surface area contributed by atoms with Gasteiger partial charge in [0.05, 0.1) is 5.54 Å². The van der Waals surface area contributed by atoms with Crippen LogP contribution in [0, 0.1) is 5.92 Å². The second kappa shape index (κ2) is 6.06. The van der Waals surface area contributed by atoms with Gasteiger partial charge in [-0.3, -0.25) is 4.79 Å². The van der Waals surface area contributed by atoms with Crippen molar-refractivity contribution in [2.45, 2.75) is 53.0 Å². The summed E-state index contributed by atoms with van der Waals surface area (Å²) in [5.41, 5.74) is -0.554. The van der Waals surface area contributed by atoms with Crippen LogP contribution in [0.1, 0.15) is 47.5 Å². The summed E-state index contributed by atoms with van der Waals surface area (Å²) >= 11 is 0. The lowest BCUT2D eigenvalue weighted by atomic mass is 9.75. The maximum atomic E-state index is 11.5. The van der Waals surface area contributed by atoms with Crippen molar-refractivity contribution in [1.29, 1.82) is 0 Å².